The average molecular weight is 574 g/mol. The SMILES string of the molecule is COc1ccc(Cl)cc1-n1c(C)cc([C@H]2[C@H](c3ccccn3)NC(=S)N2c2ccc(N3CCOCC3)cc2)c1C. The minimum Gasteiger partial charge on any atom is -0.495 e. The zero-order valence-electron chi connectivity index (χ0n) is 22.8. The number of hydrogen-bond acceptors (Lipinski definition) is 5. The molecule has 0 amide bonds. The second kappa shape index (κ2) is 11.1. The lowest BCUT2D eigenvalue weighted by molar-refractivity contribution is 0.122. The van der Waals surface area contributed by atoms with Gasteiger partial charge in [-0.05, 0) is 92.3 Å². The van der Waals surface area contributed by atoms with E-state index in [0.717, 1.165) is 66.1 Å². The lowest BCUT2D eigenvalue weighted by Gasteiger charge is -2.31. The van der Waals surface area contributed by atoms with Crippen LogP contribution in [0.25, 0.3) is 5.69 Å². The highest BCUT2D eigenvalue weighted by Crippen LogP contribution is 2.44. The summed E-state index contributed by atoms with van der Waals surface area (Å²) in [6.07, 6.45) is 1.83. The number of pyridine rings is 1. The molecular formula is C31H32ClN5O2S. The molecule has 0 aliphatic carbocycles. The molecule has 206 valence electrons. The summed E-state index contributed by atoms with van der Waals surface area (Å²) >= 11 is 12.4. The van der Waals surface area contributed by atoms with Crippen LogP contribution in [0.1, 0.15) is 34.7 Å². The first-order valence-electron chi connectivity index (χ1n) is 13.4. The van der Waals surface area contributed by atoms with Gasteiger partial charge in [-0.3, -0.25) is 4.98 Å². The third-order valence-electron chi connectivity index (χ3n) is 7.77. The molecule has 2 aromatic carbocycles. The van der Waals surface area contributed by atoms with Crippen molar-refractivity contribution in [3.05, 3.63) is 101 Å². The predicted octanol–water partition coefficient (Wildman–Crippen LogP) is 6.16. The summed E-state index contributed by atoms with van der Waals surface area (Å²) < 4.78 is 13.5. The zero-order chi connectivity index (χ0) is 27.8. The Bertz CT molecular complexity index is 1520. The lowest BCUT2D eigenvalue weighted by Crippen LogP contribution is -2.36. The number of thiocarbonyl (C=S) groups is 1. The first kappa shape index (κ1) is 26.6. The number of nitrogens with one attached hydrogen (secondary N) is 1. The van der Waals surface area contributed by atoms with Gasteiger partial charge in [-0.15, -0.1) is 0 Å². The van der Waals surface area contributed by atoms with E-state index >= 15 is 0 Å². The van der Waals surface area contributed by atoms with E-state index < -0.39 is 0 Å². The van der Waals surface area contributed by atoms with Gasteiger partial charge in [0.15, 0.2) is 5.11 Å². The van der Waals surface area contributed by atoms with Gasteiger partial charge in [-0.25, -0.2) is 0 Å². The fourth-order valence-electron chi connectivity index (χ4n) is 5.89. The molecule has 2 aliphatic heterocycles. The zero-order valence-corrected chi connectivity index (χ0v) is 24.4. The summed E-state index contributed by atoms with van der Waals surface area (Å²) in [4.78, 5) is 9.30. The molecule has 4 aromatic rings. The maximum Gasteiger partial charge on any atom is 0.174 e. The summed E-state index contributed by atoms with van der Waals surface area (Å²) in [5.74, 6) is 0.759. The topological polar surface area (TPSA) is 54.8 Å². The number of aromatic nitrogens is 2. The summed E-state index contributed by atoms with van der Waals surface area (Å²) in [7, 11) is 1.68. The number of benzene rings is 2. The van der Waals surface area contributed by atoms with Crippen LogP contribution in [-0.4, -0.2) is 48.1 Å². The Morgan fingerprint density at radius 2 is 1.75 bits per heavy atom. The van der Waals surface area contributed by atoms with Crippen molar-refractivity contribution in [3.63, 3.8) is 0 Å². The highest BCUT2D eigenvalue weighted by atomic mass is 35.5. The normalized spacial score (nSPS) is 19.1. The number of anilines is 2. The van der Waals surface area contributed by atoms with Crippen molar-refractivity contribution in [3.8, 4) is 11.4 Å². The molecule has 40 heavy (non-hydrogen) atoms. The number of halogens is 1. The van der Waals surface area contributed by atoms with E-state index in [2.05, 4.69) is 69.9 Å². The first-order chi connectivity index (χ1) is 19.5. The van der Waals surface area contributed by atoms with Gasteiger partial charge in [-0.2, -0.15) is 0 Å². The van der Waals surface area contributed by atoms with Crippen LogP contribution in [-0.2, 0) is 4.74 Å². The minimum absolute atomic E-state index is 0.123. The third-order valence-corrected chi connectivity index (χ3v) is 8.32. The van der Waals surface area contributed by atoms with Crippen molar-refractivity contribution >= 4 is 40.3 Å². The number of morpholine rings is 1. The number of ether oxygens (including phenoxy) is 2. The Labute approximate surface area is 245 Å². The van der Waals surface area contributed by atoms with Crippen LogP contribution >= 0.6 is 23.8 Å². The fraction of sp³-hybridized carbons (Fsp3) is 0.290. The van der Waals surface area contributed by atoms with Gasteiger partial charge in [0.1, 0.15) is 5.75 Å². The summed E-state index contributed by atoms with van der Waals surface area (Å²) in [6, 6.07) is 22.3. The van der Waals surface area contributed by atoms with E-state index in [1.54, 1.807) is 7.11 Å². The number of rotatable bonds is 6. The largest absolute Gasteiger partial charge is 0.495 e. The van der Waals surface area contributed by atoms with E-state index in [1.165, 1.54) is 5.69 Å². The van der Waals surface area contributed by atoms with Gasteiger partial charge in [0.2, 0.25) is 0 Å². The average Bonchev–Trinajstić information content (AvgIpc) is 3.48. The maximum atomic E-state index is 6.43. The van der Waals surface area contributed by atoms with Crippen molar-refractivity contribution in [2.45, 2.75) is 25.9 Å². The minimum atomic E-state index is -0.136. The van der Waals surface area contributed by atoms with Crippen molar-refractivity contribution < 1.29 is 9.47 Å². The first-order valence-corrected chi connectivity index (χ1v) is 14.2. The molecule has 0 spiro atoms. The molecule has 9 heteroatoms. The Morgan fingerprint density at radius 1 is 1.00 bits per heavy atom. The van der Waals surface area contributed by atoms with Crippen LogP contribution in [0.4, 0.5) is 11.4 Å². The Morgan fingerprint density at radius 3 is 2.45 bits per heavy atom. The van der Waals surface area contributed by atoms with Crippen LogP contribution < -0.4 is 19.9 Å². The van der Waals surface area contributed by atoms with E-state index in [0.29, 0.717) is 10.1 Å². The van der Waals surface area contributed by atoms with E-state index in [4.69, 9.17) is 38.3 Å². The monoisotopic (exact) mass is 573 g/mol. The molecule has 7 nitrogen and oxygen atoms in total. The predicted molar refractivity (Wildman–Crippen MR) is 164 cm³/mol. The molecule has 2 aliphatic rings. The van der Waals surface area contributed by atoms with E-state index in [1.807, 2.05) is 36.5 Å². The molecule has 6 rings (SSSR count). The second-order valence-corrected chi connectivity index (χ2v) is 10.9. The highest BCUT2D eigenvalue weighted by molar-refractivity contribution is 7.80. The lowest BCUT2D eigenvalue weighted by atomic mass is 9.96. The molecule has 1 N–H and O–H groups in total. The smallest absolute Gasteiger partial charge is 0.174 e. The summed E-state index contributed by atoms with van der Waals surface area (Å²) in [6.45, 7) is 7.54. The third kappa shape index (κ3) is 4.80. The number of methoxy groups -OCH3 is 1. The molecule has 2 saturated heterocycles. The summed E-state index contributed by atoms with van der Waals surface area (Å²) in [5.41, 5.74) is 7.38. The van der Waals surface area contributed by atoms with Crippen LogP contribution in [0, 0.1) is 13.8 Å². The Kier molecular flexibility index (Phi) is 7.40. The molecule has 2 atom stereocenters. The molecule has 2 fully saturated rings. The van der Waals surface area contributed by atoms with Crippen LogP contribution in [0.3, 0.4) is 0 Å². The molecule has 4 heterocycles. The van der Waals surface area contributed by atoms with E-state index in [9.17, 15) is 0 Å². The maximum absolute atomic E-state index is 6.43. The highest BCUT2D eigenvalue weighted by Gasteiger charge is 2.42. The molecule has 0 bridgehead atoms. The van der Waals surface area contributed by atoms with Gasteiger partial charge < -0.3 is 29.2 Å². The van der Waals surface area contributed by atoms with Gasteiger partial charge in [0, 0.05) is 47.1 Å². The van der Waals surface area contributed by atoms with Gasteiger partial charge >= 0.3 is 0 Å². The van der Waals surface area contributed by atoms with Crippen molar-refractivity contribution in [1.29, 1.82) is 0 Å². The van der Waals surface area contributed by atoms with Gasteiger partial charge in [0.05, 0.1) is 43.8 Å². The van der Waals surface area contributed by atoms with Crippen molar-refractivity contribution in [1.82, 2.24) is 14.9 Å². The molecule has 0 saturated carbocycles. The number of nitrogens with zero attached hydrogens (tertiary/aromatic N) is 4. The molecule has 2 aromatic heterocycles. The quantitative estimate of drug-likeness (QED) is 0.277. The standard InChI is InChI=1S/C31H32ClN5O2S/c1-20-18-25(21(2)36(20)27-19-22(32)7-12-28(27)38-3)30-29(26-6-4-5-13-33-26)34-31(40)37(30)24-10-8-23(9-11-24)35-14-16-39-17-15-35/h4-13,18-19,29-30H,14-17H2,1-3H3,(H,34,40)/t29-,30-/m0/s1. The Hall–Kier alpha value is -3.59. The van der Waals surface area contributed by atoms with E-state index in [-0.39, 0.29) is 12.1 Å². The van der Waals surface area contributed by atoms with Crippen LogP contribution in [0.5, 0.6) is 5.75 Å². The molecule has 0 unspecified atom stereocenters. The van der Waals surface area contributed by atoms with Gasteiger partial charge in [-0.1, -0.05) is 17.7 Å². The van der Waals surface area contributed by atoms with Crippen molar-refractivity contribution in [2.24, 2.45) is 0 Å². The summed E-state index contributed by atoms with van der Waals surface area (Å²) in [5, 5.41) is 4.91. The van der Waals surface area contributed by atoms with Crippen LogP contribution in [0.15, 0.2) is 72.9 Å². The number of aryl methyl sites for hydroxylation is 1. The second-order valence-electron chi connectivity index (χ2n) is 10.1. The van der Waals surface area contributed by atoms with Crippen LogP contribution in [0.2, 0.25) is 5.02 Å². The van der Waals surface area contributed by atoms with Gasteiger partial charge in [0.25, 0.3) is 0 Å². The fourth-order valence-corrected chi connectivity index (χ4v) is 6.40. The Balaban J connectivity index is 1.45. The molecule has 0 radical (unpaired) electrons. The number of hydrogen-bond donors (Lipinski definition) is 1. The van der Waals surface area contributed by atoms with Crippen molar-refractivity contribution in [2.75, 3.05) is 43.2 Å². The molecular weight excluding hydrogens is 542 g/mol.